The van der Waals surface area contributed by atoms with Crippen molar-refractivity contribution in [2.24, 2.45) is 0 Å². The van der Waals surface area contributed by atoms with Crippen molar-refractivity contribution in [2.75, 3.05) is 0 Å². The summed E-state index contributed by atoms with van der Waals surface area (Å²) >= 11 is 0. The van der Waals surface area contributed by atoms with Crippen molar-refractivity contribution in [3.05, 3.63) is 35.9 Å². The van der Waals surface area contributed by atoms with Gasteiger partial charge in [-0.1, -0.05) is 82.2 Å². The number of hydrogen-bond donors (Lipinski definition) is 1. The van der Waals surface area contributed by atoms with Gasteiger partial charge in [-0.15, -0.1) is 0 Å². The topological polar surface area (TPSA) is 20.2 Å². The predicted octanol–water partition coefficient (Wildman–Crippen LogP) is 4.70. The van der Waals surface area contributed by atoms with Gasteiger partial charge in [0.25, 0.3) is 0 Å². The van der Waals surface area contributed by atoms with E-state index in [0.717, 1.165) is 18.4 Å². The predicted molar refractivity (Wildman–Crippen MR) is 82.0 cm³/mol. The van der Waals surface area contributed by atoms with Crippen LogP contribution in [0, 0.1) is 0 Å². The Bertz CT molecular complexity index is 283. The zero-order chi connectivity index (χ0) is 12.3. The molecule has 1 unspecified atom stereocenters. The molecule has 0 heterocycles. The fourth-order valence-electron chi connectivity index (χ4n) is 2.14. The van der Waals surface area contributed by atoms with E-state index in [9.17, 15) is 5.11 Å². The number of aliphatic hydroxyl groups excluding tert-OH is 1. The fraction of sp³-hybridized carbons (Fsp3) is 0.625. The molecule has 0 fully saturated rings. The van der Waals surface area contributed by atoms with Crippen LogP contribution < -0.4 is 0 Å². The number of rotatable bonds is 9. The van der Waals surface area contributed by atoms with Crippen LogP contribution in [-0.2, 0) is 0 Å². The van der Waals surface area contributed by atoms with Crippen LogP contribution in [-0.4, -0.2) is 42.8 Å². The molecule has 0 radical (unpaired) electrons. The quantitative estimate of drug-likeness (QED) is 0.512. The van der Waals surface area contributed by atoms with Crippen molar-refractivity contribution in [2.45, 2.75) is 64.4 Å². The maximum Gasteiger partial charge on any atom is 2.00 e. The normalized spacial score (nSPS) is 11.9. The van der Waals surface area contributed by atoms with Crippen LogP contribution in [0.3, 0.4) is 0 Å². The Morgan fingerprint density at radius 2 is 1.50 bits per heavy atom. The molecule has 0 aromatic heterocycles. The van der Waals surface area contributed by atoms with Gasteiger partial charge in [-0.2, -0.15) is 0 Å². The van der Waals surface area contributed by atoms with Gasteiger partial charge < -0.3 is 7.96 Å². The molecule has 1 N–H and O–H groups in total. The van der Waals surface area contributed by atoms with E-state index < -0.39 is 0 Å². The van der Waals surface area contributed by atoms with E-state index in [4.69, 9.17) is 0 Å². The Hall–Kier alpha value is 0.440. The molecule has 1 aromatic carbocycles. The summed E-state index contributed by atoms with van der Waals surface area (Å²) in [5, 5.41) is 9.96. The number of benzene rings is 1. The zero-order valence-electron chi connectivity index (χ0n) is 13.8. The largest absolute Gasteiger partial charge is 2.00 e. The second kappa shape index (κ2) is 12.5. The van der Waals surface area contributed by atoms with Crippen LogP contribution in [0.4, 0.5) is 0 Å². The summed E-state index contributed by atoms with van der Waals surface area (Å²) in [6.07, 6.45) is 9.76. The van der Waals surface area contributed by atoms with Gasteiger partial charge in [-0.25, -0.2) is 0 Å². The Labute approximate surface area is 145 Å². The van der Waals surface area contributed by atoms with Crippen LogP contribution in [0.15, 0.2) is 30.3 Å². The van der Waals surface area contributed by atoms with Crippen LogP contribution in [0.5, 0.6) is 0 Å². The van der Waals surface area contributed by atoms with E-state index in [1.165, 1.54) is 38.5 Å². The van der Waals surface area contributed by atoms with Crippen LogP contribution >= 0.6 is 0 Å². The molecule has 2 heteroatoms. The first-order chi connectivity index (χ1) is 8.34. The summed E-state index contributed by atoms with van der Waals surface area (Å²) in [6.45, 7) is 2.25. The minimum absolute atomic E-state index is 0. The first kappa shape index (κ1) is 18.4. The molecule has 0 aliphatic heterocycles. The summed E-state index contributed by atoms with van der Waals surface area (Å²) in [5.74, 6) is 0. The van der Waals surface area contributed by atoms with Gasteiger partial charge in [0.1, 0.15) is 0 Å². The molecule has 0 amide bonds. The molecule has 0 aliphatic rings. The third-order valence-corrected chi connectivity index (χ3v) is 3.27. The molecule has 0 spiro atoms. The molecule has 1 atom stereocenters. The van der Waals surface area contributed by atoms with Crippen molar-refractivity contribution in [3.63, 3.8) is 0 Å². The third-order valence-electron chi connectivity index (χ3n) is 3.27. The molecule has 0 bridgehead atoms. The molecule has 18 heavy (non-hydrogen) atoms. The fourth-order valence-corrected chi connectivity index (χ4v) is 2.14. The van der Waals surface area contributed by atoms with E-state index in [1.54, 1.807) is 0 Å². The van der Waals surface area contributed by atoms with Gasteiger partial charge in [0, 0.05) is 0 Å². The molecule has 1 aromatic rings. The summed E-state index contributed by atoms with van der Waals surface area (Å²) in [7, 11) is 0. The smallest absolute Gasteiger partial charge is 1.00 e. The van der Waals surface area contributed by atoms with E-state index in [0.29, 0.717) is 0 Å². The van der Waals surface area contributed by atoms with Gasteiger partial charge in [0.15, 0.2) is 0 Å². The van der Waals surface area contributed by atoms with E-state index in [2.05, 4.69) is 6.92 Å². The summed E-state index contributed by atoms with van der Waals surface area (Å²) in [5.41, 5.74) is 1.05. The van der Waals surface area contributed by atoms with Crippen molar-refractivity contribution in [1.82, 2.24) is 0 Å². The summed E-state index contributed by atoms with van der Waals surface area (Å²) in [4.78, 5) is 0. The number of hydrogen-bond acceptors (Lipinski definition) is 1. The molecule has 100 valence electrons. The Morgan fingerprint density at radius 3 is 2.11 bits per heavy atom. The van der Waals surface area contributed by atoms with Gasteiger partial charge in [0.2, 0.25) is 0 Å². The first-order valence-electron chi connectivity index (χ1n) is 7.07. The average Bonchev–Trinajstić information content (AvgIpc) is 2.38. The summed E-state index contributed by atoms with van der Waals surface area (Å²) in [6, 6.07) is 9.98. The maximum atomic E-state index is 9.96. The third kappa shape index (κ3) is 8.53. The van der Waals surface area contributed by atoms with Crippen LogP contribution in [0.25, 0.3) is 0 Å². The zero-order valence-corrected chi connectivity index (χ0v) is 14.0. The minimum Gasteiger partial charge on any atom is -1.00 e. The van der Waals surface area contributed by atoms with Crippen molar-refractivity contribution in [1.29, 1.82) is 0 Å². The maximum absolute atomic E-state index is 9.96. The van der Waals surface area contributed by atoms with E-state index in [-0.39, 0.29) is 46.7 Å². The molecule has 0 aliphatic carbocycles. The minimum atomic E-state index is -0.271. The SMILES string of the molecule is CCCCCCCCCC(O)c1ccccc1.[Ca+2].[H-].[H-]. The van der Waals surface area contributed by atoms with Gasteiger partial charge >= 0.3 is 37.7 Å². The monoisotopic (exact) mass is 276 g/mol. The van der Waals surface area contributed by atoms with Crippen molar-refractivity contribution < 1.29 is 7.96 Å². The Balaban J connectivity index is -0.000000963. The van der Waals surface area contributed by atoms with Gasteiger partial charge in [0.05, 0.1) is 6.10 Å². The van der Waals surface area contributed by atoms with Crippen LogP contribution in [0.1, 0.15) is 72.8 Å². The number of unbranched alkanes of at least 4 members (excludes halogenated alkanes) is 6. The average molecular weight is 276 g/mol. The summed E-state index contributed by atoms with van der Waals surface area (Å²) < 4.78 is 0. The van der Waals surface area contributed by atoms with Crippen molar-refractivity contribution in [3.8, 4) is 0 Å². The standard InChI is InChI=1S/C16H26O.Ca.2H/c1-2-3-4-5-6-7-11-14-16(17)15-12-9-8-10-13-15;;;/h8-10,12-13,16-17H,2-7,11,14H2,1H3;;;/q;+2;2*-1. The molecule has 0 saturated heterocycles. The van der Waals surface area contributed by atoms with E-state index in [1.807, 2.05) is 30.3 Å². The Kier molecular flexibility index (Phi) is 12.8. The Morgan fingerprint density at radius 1 is 0.944 bits per heavy atom. The molecule has 1 rings (SSSR count). The molecule has 0 saturated carbocycles. The second-order valence-corrected chi connectivity index (χ2v) is 4.84. The number of aliphatic hydroxyl groups is 1. The molecular formula is C16H28CaO. The van der Waals surface area contributed by atoms with E-state index >= 15 is 0 Å². The first-order valence-corrected chi connectivity index (χ1v) is 7.07. The van der Waals surface area contributed by atoms with Gasteiger partial charge in [-0.3, -0.25) is 0 Å². The van der Waals surface area contributed by atoms with Crippen LogP contribution in [0.2, 0.25) is 0 Å². The molecular weight excluding hydrogens is 248 g/mol. The van der Waals surface area contributed by atoms with Crippen molar-refractivity contribution >= 4 is 37.7 Å². The molecule has 1 nitrogen and oxygen atoms in total. The van der Waals surface area contributed by atoms with Gasteiger partial charge in [-0.05, 0) is 12.0 Å². The second-order valence-electron chi connectivity index (χ2n) is 4.84.